The average molecular weight is 177 g/mol. The van der Waals surface area contributed by atoms with Crippen molar-refractivity contribution in [3.05, 3.63) is 29.8 Å². The van der Waals surface area contributed by atoms with Gasteiger partial charge in [-0.25, -0.2) is 0 Å². The van der Waals surface area contributed by atoms with Gasteiger partial charge in [-0.1, -0.05) is 26.8 Å². The Bertz CT molecular complexity index is 253. The van der Waals surface area contributed by atoms with Gasteiger partial charge in [0.05, 0.1) is 6.61 Å². The van der Waals surface area contributed by atoms with Gasteiger partial charge < -0.3 is 4.74 Å². The van der Waals surface area contributed by atoms with E-state index in [0.717, 1.165) is 5.75 Å². The van der Waals surface area contributed by atoms with Crippen molar-refractivity contribution in [2.24, 2.45) is 0 Å². The molecule has 1 rings (SSSR count). The fourth-order valence-corrected chi connectivity index (χ4v) is 1.12. The number of rotatable bonds is 2. The van der Waals surface area contributed by atoms with Crippen LogP contribution in [0.2, 0.25) is 0 Å². The Kier molecular flexibility index (Phi) is 2.97. The Morgan fingerprint density at radius 1 is 1.31 bits per heavy atom. The van der Waals surface area contributed by atoms with Crippen LogP contribution in [-0.4, -0.2) is 6.61 Å². The molecule has 0 aliphatic carbocycles. The lowest BCUT2D eigenvalue weighted by molar-refractivity contribution is 0.339. The van der Waals surface area contributed by atoms with Gasteiger partial charge in [0, 0.05) is 6.07 Å². The predicted octanol–water partition coefficient (Wildman–Crippen LogP) is 3.18. The highest BCUT2D eigenvalue weighted by Gasteiger charge is 2.12. The maximum absolute atomic E-state index is 5.32. The molecule has 0 saturated carbocycles. The second kappa shape index (κ2) is 3.82. The van der Waals surface area contributed by atoms with Gasteiger partial charge in [0.1, 0.15) is 5.75 Å². The average Bonchev–Trinajstić information content (AvgIpc) is 2.04. The van der Waals surface area contributed by atoms with E-state index in [-0.39, 0.29) is 5.41 Å². The Morgan fingerprint density at radius 3 is 2.38 bits per heavy atom. The second-order valence-electron chi connectivity index (χ2n) is 4.12. The van der Waals surface area contributed by atoms with Crippen LogP contribution in [0.1, 0.15) is 33.3 Å². The minimum atomic E-state index is 0.196. The molecule has 0 aliphatic rings. The molecule has 1 heteroatoms. The lowest BCUT2D eigenvalue weighted by Crippen LogP contribution is -2.10. The van der Waals surface area contributed by atoms with E-state index in [1.165, 1.54) is 5.56 Å². The van der Waals surface area contributed by atoms with Crippen LogP contribution in [0.3, 0.4) is 0 Å². The third-order valence-corrected chi connectivity index (χ3v) is 1.95. The minimum absolute atomic E-state index is 0.196. The summed E-state index contributed by atoms with van der Waals surface area (Å²) in [5.41, 5.74) is 1.48. The largest absolute Gasteiger partial charge is 0.493 e. The third-order valence-electron chi connectivity index (χ3n) is 1.95. The van der Waals surface area contributed by atoms with Gasteiger partial charge in [-0.2, -0.15) is 0 Å². The molecule has 0 saturated heterocycles. The molecule has 1 aromatic rings. The number of hydrogen-bond donors (Lipinski definition) is 0. The fraction of sp³-hybridized carbons (Fsp3) is 0.500. The lowest BCUT2D eigenvalue weighted by Gasteiger charge is -2.18. The number of benzene rings is 1. The number of hydrogen-bond acceptors (Lipinski definition) is 1. The summed E-state index contributed by atoms with van der Waals surface area (Å²) >= 11 is 0. The monoisotopic (exact) mass is 177 g/mol. The molecule has 1 aromatic carbocycles. The van der Waals surface area contributed by atoms with Crippen molar-refractivity contribution in [2.75, 3.05) is 6.61 Å². The molecule has 0 heterocycles. The van der Waals surface area contributed by atoms with Crippen LogP contribution < -0.4 is 4.74 Å². The van der Waals surface area contributed by atoms with E-state index in [1.54, 1.807) is 0 Å². The fourth-order valence-electron chi connectivity index (χ4n) is 1.12. The van der Waals surface area contributed by atoms with Crippen molar-refractivity contribution < 1.29 is 4.74 Å². The van der Waals surface area contributed by atoms with E-state index in [2.05, 4.69) is 32.9 Å². The van der Waals surface area contributed by atoms with Gasteiger partial charge in [0.25, 0.3) is 0 Å². The lowest BCUT2D eigenvalue weighted by atomic mass is 9.87. The first-order chi connectivity index (χ1) is 6.04. The quantitative estimate of drug-likeness (QED) is 0.674. The van der Waals surface area contributed by atoms with Crippen LogP contribution >= 0.6 is 0 Å². The highest BCUT2D eigenvalue weighted by Crippen LogP contribution is 2.23. The maximum Gasteiger partial charge on any atom is 0.127 e. The van der Waals surface area contributed by atoms with Gasteiger partial charge in [0.2, 0.25) is 0 Å². The highest BCUT2D eigenvalue weighted by atomic mass is 16.5. The normalized spacial score (nSPS) is 11.4. The van der Waals surface area contributed by atoms with Gasteiger partial charge in [0.15, 0.2) is 0 Å². The molecule has 1 nitrogen and oxygen atoms in total. The molecule has 71 valence electrons. The van der Waals surface area contributed by atoms with E-state index in [1.807, 2.05) is 19.1 Å². The van der Waals surface area contributed by atoms with Crippen molar-refractivity contribution in [1.29, 1.82) is 0 Å². The molecule has 0 atom stereocenters. The van der Waals surface area contributed by atoms with Crippen LogP contribution in [0.15, 0.2) is 18.2 Å². The summed E-state index contributed by atoms with van der Waals surface area (Å²) in [6.45, 7) is 9.25. The highest BCUT2D eigenvalue weighted by molar-refractivity contribution is 5.29. The zero-order valence-corrected chi connectivity index (χ0v) is 8.85. The Morgan fingerprint density at radius 2 is 2.00 bits per heavy atom. The van der Waals surface area contributed by atoms with Gasteiger partial charge >= 0.3 is 0 Å². The Hall–Kier alpha value is -0.980. The first kappa shape index (κ1) is 10.1. The molecule has 0 aliphatic heterocycles. The van der Waals surface area contributed by atoms with Crippen molar-refractivity contribution in [2.45, 2.75) is 33.1 Å². The minimum Gasteiger partial charge on any atom is -0.493 e. The zero-order valence-electron chi connectivity index (χ0n) is 8.85. The zero-order chi connectivity index (χ0) is 9.90. The standard InChI is InChI=1S/C12H17O/c1-5-13-11-8-6-10(7-9-11)12(2,3)4/h6-8H,5H2,1-4H3. The van der Waals surface area contributed by atoms with Gasteiger partial charge in [-0.15, -0.1) is 0 Å². The summed E-state index contributed by atoms with van der Waals surface area (Å²) in [7, 11) is 0. The molecule has 0 bridgehead atoms. The molecule has 13 heavy (non-hydrogen) atoms. The Labute approximate surface area is 80.7 Å². The van der Waals surface area contributed by atoms with E-state index < -0.39 is 0 Å². The summed E-state index contributed by atoms with van der Waals surface area (Å²) in [5.74, 6) is 0.829. The van der Waals surface area contributed by atoms with E-state index in [0.29, 0.717) is 6.61 Å². The van der Waals surface area contributed by atoms with Crippen molar-refractivity contribution in [1.82, 2.24) is 0 Å². The molecular formula is C12H17O. The van der Waals surface area contributed by atoms with Crippen LogP contribution in [-0.2, 0) is 5.41 Å². The summed E-state index contributed by atoms with van der Waals surface area (Å²) < 4.78 is 5.32. The van der Waals surface area contributed by atoms with Gasteiger partial charge in [-0.3, -0.25) is 0 Å². The molecule has 0 aromatic heterocycles. The van der Waals surface area contributed by atoms with Crippen molar-refractivity contribution in [3.63, 3.8) is 0 Å². The van der Waals surface area contributed by atoms with Crippen LogP contribution in [0, 0.1) is 6.07 Å². The smallest absolute Gasteiger partial charge is 0.127 e. The van der Waals surface area contributed by atoms with E-state index in [4.69, 9.17) is 4.74 Å². The first-order valence-corrected chi connectivity index (χ1v) is 4.69. The SMILES string of the molecule is CCOc1[c]cc(C(C)(C)C)cc1. The van der Waals surface area contributed by atoms with Crippen LogP contribution in [0.4, 0.5) is 0 Å². The summed E-state index contributed by atoms with van der Waals surface area (Å²) in [4.78, 5) is 0. The molecule has 0 fully saturated rings. The molecule has 0 N–H and O–H groups in total. The van der Waals surface area contributed by atoms with Crippen molar-refractivity contribution >= 4 is 0 Å². The first-order valence-electron chi connectivity index (χ1n) is 4.69. The Balaban J connectivity index is 2.81. The van der Waals surface area contributed by atoms with Gasteiger partial charge in [-0.05, 0) is 30.0 Å². The summed E-state index contributed by atoms with van der Waals surface area (Å²) in [6.07, 6.45) is 0. The molecule has 0 amide bonds. The van der Waals surface area contributed by atoms with Crippen LogP contribution in [0.25, 0.3) is 0 Å². The van der Waals surface area contributed by atoms with Crippen molar-refractivity contribution in [3.8, 4) is 5.75 Å². The van der Waals surface area contributed by atoms with E-state index in [9.17, 15) is 0 Å². The molecular weight excluding hydrogens is 160 g/mol. The number of ether oxygens (including phenoxy) is 1. The summed E-state index contributed by atoms with van der Waals surface area (Å²) in [6, 6.07) is 9.20. The topological polar surface area (TPSA) is 9.23 Å². The van der Waals surface area contributed by atoms with E-state index >= 15 is 0 Å². The molecule has 1 radical (unpaired) electrons. The third kappa shape index (κ3) is 2.76. The summed E-state index contributed by atoms with van der Waals surface area (Å²) in [5, 5.41) is 0. The second-order valence-corrected chi connectivity index (χ2v) is 4.12. The molecule has 0 unspecified atom stereocenters. The van der Waals surface area contributed by atoms with Crippen LogP contribution in [0.5, 0.6) is 5.75 Å². The molecule has 0 spiro atoms. The maximum atomic E-state index is 5.32. The predicted molar refractivity (Wildman–Crippen MR) is 55.1 cm³/mol.